The number of carbonyl (C=O) groups excluding carboxylic acids is 4. The first kappa shape index (κ1) is 42.6. The molecule has 0 aliphatic carbocycles. The smallest absolute Gasteiger partial charge is 0.301 e. The predicted molar refractivity (Wildman–Crippen MR) is 234 cm³/mol. The van der Waals surface area contributed by atoms with Gasteiger partial charge in [0.05, 0.1) is 24.0 Å². The number of aromatic amines is 1. The fraction of sp³-hybridized carbons (Fsp3) is 0.370. The second kappa shape index (κ2) is 16.9. The van der Waals surface area contributed by atoms with Gasteiger partial charge in [0, 0.05) is 98.1 Å². The highest BCUT2D eigenvalue weighted by molar-refractivity contribution is 7.90. The van der Waals surface area contributed by atoms with Gasteiger partial charge in [0.25, 0.3) is 5.91 Å². The summed E-state index contributed by atoms with van der Waals surface area (Å²) in [5.74, 6) is -4.04. The van der Waals surface area contributed by atoms with E-state index in [0.29, 0.717) is 47.7 Å². The zero-order valence-electron chi connectivity index (χ0n) is 35.1. The van der Waals surface area contributed by atoms with E-state index in [4.69, 9.17) is 4.74 Å². The summed E-state index contributed by atoms with van der Waals surface area (Å²) in [5, 5.41) is 2.67. The molecular formula is C46H45F3N8O7S. The van der Waals surface area contributed by atoms with Gasteiger partial charge in [-0.3, -0.25) is 29.2 Å². The number of H-pyrrole nitrogens is 1. The number of amides is 3. The zero-order valence-corrected chi connectivity index (χ0v) is 35.9. The summed E-state index contributed by atoms with van der Waals surface area (Å²) in [5.41, 5.74) is 3.72. The molecule has 5 aromatic rings. The highest BCUT2D eigenvalue weighted by Gasteiger charge is 2.40. The Kier molecular flexibility index (Phi) is 11.1. The van der Waals surface area contributed by atoms with E-state index in [0.717, 1.165) is 78.0 Å². The van der Waals surface area contributed by atoms with E-state index in [-0.39, 0.29) is 42.9 Å². The van der Waals surface area contributed by atoms with Gasteiger partial charge in [0.1, 0.15) is 23.7 Å². The van der Waals surface area contributed by atoms with Gasteiger partial charge in [0.15, 0.2) is 5.82 Å². The van der Waals surface area contributed by atoms with Crippen molar-refractivity contribution in [3.05, 3.63) is 107 Å². The van der Waals surface area contributed by atoms with Crippen LogP contribution in [-0.4, -0.2) is 115 Å². The average molecular weight is 911 g/mol. The van der Waals surface area contributed by atoms with Gasteiger partial charge >= 0.3 is 10.2 Å². The number of nitrogens with one attached hydrogen (secondary N) is 3. The van der Waals surface area contributed by atoms with E-state index in [9.17, 15) is 32.0 Å². The van der Waals surface area contributed by atoms with E-state index in [1.54, 1.807) is 17.2 Å². The monoisotopic (exact) mass is 910 g/mol. The van der Waals surface area contributed by atoms with Gasteiger partial charge < -0.3 is 24.4 Å². The molecule has 2 aromatic heterocycles. The van der Waals surface area contributed by atoms with Gasteiger partial charge in [-0.05, 0) is 91.3 Å². The third-order valence-corrected chi connectivity index (χ3v) is 14.7. The lowest BCUT2D eigenvalue weighted by molar-refractivity contribution is -0.136. The number of alkyl halides is 1. The van der Waals surface area contributed by atoms with Gasteiger partial charge in [0.2, 0.25) is 17.6 Å². The van der Waals surface area contributed by atoms with Gasteiger partial charge in [-0.25, -0.2) is 18.2 Å². The third kappa shape index (κ3) is 8.20. The number of fused-ring (bicyclic) bond motifs is 2. The number of ketones is 1. The van der Waals surface area contributed by atoms with Crippen LogP contribution in [0.25, 0.3) is 22.2 Å². The summed E-state index contributed by atoms with van der Waals surface area (Å²) in [6.45, 7) is 3.76. The molecular weight excluding hydrogens is 866 g/mol. The van der Waals surface area contributed by atoms with Crippen molar-refractivity contribution in [3.63, 3.8) is 0 Å². The van der Waals surface area contributed by atoms with Crippen molar-refractivity contribution in [1.29, 1.82) is 0 Å². The van der Waals surface area contributed by atoms with E-state index in [1.165, 1.54) is 6.20 Å². The number of rotatable bonds is 12. The molecule has 3 N–H and O–H groups in total. The van der Waals surface area contributed by atoms with Crippen molar-refractivity contribution in [2.24, 2.45) is 5.92 Å². The summed E-state index contributed by atoms with van der Waals surface area (Å²) in [7, 11) is -4.36. The lowest BCUT2D eigenvalue weighted by Gasteiger charge is -2.42. The molecule has 4 saturated heterocycles. The van der Waals surface area contributed by atoms with Crippen LogP contribution in [0.2, 0.25) is 0 Å². The molecule has 65 heavy (non-hydrogen) atoms. The molecule has 5 aliphatic heterocycles. The minimum absolute atomic E-state index is 0.000451. The molecule has 3 amide bonds. The second-order valence-corrected chi connectivity index (χ2v) is 19.0. The van der Waals surface area contributed by atoms with Crippen LogP contribution in [0.15, 0.2) is 73.1 Å². The maximum absolute atomic E-state index is 15.7. The van der Waals surface area contributed by atoms with Crippen molar-refractivity contribution in [2.75, 3.05) is 60.4 Å². The average Bonchev–Trinajstić information content (AvgIpc) is 4.01. The Balaban J connectivity index is 0.716. The first-order valence-corrected chi connectivity index (χ1v) is 23.1. The molecule has 0 spiro atoms. The summed E-state index contributed by atoms with van der Waals surface area (Å²) in [4.78, 5) is 64.3. The van der Waals surface area contributed by atoms with Crippen LogP contribution in [0, 0.1) is 17.6 Å². The summed E-state index contributed by atoms with van der Waals surface area (Å²) in [6, 6.07) is 16.5. The Morgan fingerprint density at radius 1 is 0.877 bits per heavy atom. The standard InChI is InChI=1S/C46H45F3N8O7S/c47-30-13-16-56(22-30)65(62,63)53-38-8-7-37(48)41(42(38)49)43(59)36-20-51-44-35(36)18-28(19-50-44)27-1-3-31(4-2-27)55-23-33(24-55)64-25-26-11-14-54(15-12-26)32-5-6-34-29(17-32)21-57(46(34)61)39-9-10-40(58)52-45(39)60/h1-8,17-20,26,30,33,39,53H,9-16,21-25H2,(H,50,51)(H,52,58,60)/t30-,39?/m1/s1. The largest absolute Gasteiger partial charge is 0.374 e. The lowest BCUT2D eigenvalue weighted by Crippen LogP contribution is -2.53. The molecule has 0 saturated carbocycles. The molecule has 0 bridgehead atoms. The predicted octanol–water partition coefficient (Wildman–Crippen LogP) is 5.32. The Bertz CT molecular complexity index is 2850. The number of halogens is 3. The van der Waals surface area contributed by atoms with Crippen molar-refractivity contribution >= 4 is 61.8 Å². The number of imide groups is 1. The molecule has 7 heterocycles. The minimum Gasteiger partial charge on any atom is -0.374 e. The summed E-state index contributed by atoms with van der Waals surface area (Å²) < 4.78 is 79.3. The summed E-state index contributed by atoms with van der Waals surface area (Å²) >= 11 is 0. The number of aromatic nitrogens is 2. The normalized spacial score (nSPS) is 21.0. The number of carbonyl (C=O) groups is 4. The van der Waals surface area contributed by atoms with Crippen molar-refractivity contribution in [1.82, 2.24) is 24.5 Å². The molecule has 3 aromatic carbocycles. The number of anilines is 3. The zero-order chi connectivity index (χ0) is 45.1. The lowest BCUT2D eigenvalue weighted by atomic mass is 9.96. The van der Waals surface area contributed by atoms with Crippen molar-refractivity contribution < 1.29 is 45.5 Å². The van der Waals surface area contributed by atoms with Crippen LogP contribution in [0.5, 0.6) is 0 Å². The van der Waals surface area contributed by atoms with Crippen LogP contribution in [0.3, 0.4) is 0 Å². The molecule has 10 rings (SSSR count). The van der Waals surface area contributed by atoms with Gasteiger partial charge in [-0.2, -0.15) is 12.7 Å². The minimum atomic E-state index is -4.36. The quantitative estimate of drug-likeness (QED) is 0.110. The Labute approximate surface area is 372 Å². The SMILES string of the molecule is O=C1CCC(N2Cc3cc(N4CCC(COC5CN(c6ccc(-c7cnc8[nH]cc(C(=O)c9c(F)ccc(NS(=O)(=O)N%10CC[C@@H](F)C%10)c9F)c8c7)cc6)C5)CC4)ccc3C2=O)C(=O)N1. The molecule has 19 heteroatoms. The van der Waals surface area contributed by atoms with Crippen LogP contribution in [0.1, 0.15) is 63.9 Å². The summed E-state index contributed by atoms with van der Waals surface area (Å²) in [6.07, 6.45) is 4.20. The van der Waals surface area contributed by atoms with Crippen molar-refractivity contribution in [3.8, 4) is 11.1 Å². The maximum Gasteiger partial charge on any atom is 0.301 e. The fourth-order valence-corrected chi connectivity index (χ4v) is 10.7. The van der Waals surface area contributed by atoms with E-state index < -0.39 is 63.5 Å². The van der Waals surface area contributed by atoms with E-state index >= 15 is 8.78 Å². The van der Waals surface area contributed by atoms with Crippen LogP contribution in [0.4, 0.5) is 30.2 Å². The van der Waals surface area contributed by atoms with Crippen LogP contribution < -0.4 is 19.8 Å². The van der Waals surface area contributed by atoms with Gasteiger partial charge in [-0.15, -0.1) is 0 Å². The van der Waals surface area contributed by atoms with Crippen molar-refractivity contribution in [2.45, 2.75) is 57.0 Å². The third-order valence-electron chi connectivity index (χ3n) is 13.2. The Morgan fingerprint density at radius 2 is 1.65 bits per heavy atom. The first-order valence-electron chi connectivity index (χ1n) is 21.7. The molecule has 1 unspecified atom stereocenters. The topological polar surface area (TPSA) is 177 Å². The number of piperidine rings is 2. The molecule has 0 radical (unpaired) electrons. The van der Waals surface area contributed by atoms with Crippen LogP contribution >= 0.6 is 0 Å². The Hall–Kier alpha value is -6.31. The van der Waals surface area contributed by atoms with E-state index in [2.05, 4.69) is 31.2 Å². The highest BCUT2D eigenvalue weighted by atomic mass is 32.2. The number of hydrogen-bond acceptors (Lipinski definition) is 10. The number of ether oxygens (including phenoxy) is 1. The number of hydrogen-bond donors (Lipinski definition) is 3. The molecule has 338 valence electrons. The molecule has 4 fully saturated rings. The fourth-order valence-electron chi connectivity index (χ4n) is 9.44. The first-order chi connectivity index (χ1) is 31.3. The molecule has 2 atom stereocenters. The molecule has 5 aliphatic rings. The second-order valence-electron chi connectivity index (χ2n) is 17.4. The number of pyridine rings is 1. The van der Waals surface area contributed by atoms with E-state index in [1.807, 2.05) is 41.1 Å². The van der Waals surface area contributed by atoms with Gasteiger partial charge in [-0.1, -0.05) is 12.1 Å². The molecule has 15 nitrogen and oxygen atoms in total. The Morgan fingerprint density at radius 3 is 2.38 bits per heavy atom. The highest BCUT2D eigenvalue weighted by Crippen LogP contribution is 2.35. The number of benzene rings is 3. The van der Waals surface area contributed by atoms with Crippen LogP contribution in [-0.2, 0) is 31.1 Å². The number of nitrogens with zero attached hydrogens (tertiary/aromatic N) is 5. The maximum atomic E-state index is 15.7.